The van der Waals surface area contributed by atoms with Gasteiger partial charge < -0.3 is 0 Å². The molecule has 0 N–H and O–H groups in total. The highest BCUT2D eigenvalue weighted by Crippen LogP contribution is 2.39. The lowest BCUT2D eigenvalue weighted by Crippen LogP contribution is -2.30. The van der Waals surface area contributed by atoms with E-state index in [2.05, 4.69) is 33.8 Å². The van der Waals surface area contributed by atoms with Crippen LogP contribution in [0, 0.1) is 0 Å². The van der Waals surface area contributed by atoms with Crippen LogP contribution in [0.4, 0.5) is 0 Å². The van der Waals surface area contributed by atoms with Crippen LogP contribution in [0.25, 0.3) is 0 Å². The molecule has 94 valence electrons. The molecule has 17 heavy (non-hydrogen) atoms. The number of benzene rings is 1. The Bertz CT molecular complexity index is 539. The van der Waals surface area contributed by atoms with Gasteiger partial charge in [-0.05, 0) is 34.9 Å². The van der Waals surface area contributed by atoms with E-state index in [1.165, 1.54) is 5.56 Å². The molecular weight excluding hydrogens is 232 g/mol. The van der Waals surface area contributed by atoms with Crippen molar-refractivity contribution in [3.63, 3.8) is 0 Å². The van der Waals surface area contributed by atoms with E-state index in [9.17, 15) is 8.42 Å². The minimum absolute atomic E-state index is 0.0362. The summed E-state index contributed by atoms with van der Waals surface area (Å²) in [5.74, 6) is 0.703. The quantitative estimate of drug-likeness (QED) is 0.768. The summed E-state index contributed by atoms with van der Waals surface area (Å²) < 4.78 is 24.1. The van der Waals surface area contributed by atoms with E-state index in [0.717, 1.165) is 5.56 Å². The van der Waals surface area contributed by atoms with Crippen LogP contribution in [0.15, 0.2) is 23.1 Å². The summed E-state index contributed by atoms with van der Waals surface area (Å²) in [5, 5.41) is 0. The Morgan fingerprint density at radius 1 is 1.24 bits per heavy atom. The topological polar surface area (TPSA) is 34.1 Å². The molecule has 2 nitrogen and oxygen atoms in total. The third kappa shape index (κ3) is 2.13. The summed E-state index contributed by atoms with van der Waals surface area (Å²) in [4.78, 5) is 0.540. The van der Waals surface area contributed by atoms with Crippen LogP contribution in [-0.2, 0) is 15.3 Å². The molecule has 0 saturated carbocycles. The largest absolute Gasteiger partial charge is 0.224 e. The second kappa shape index (κ2) is 3.84. The molecule has 0 radical (unpaired) electrons. The second-order valence-electron chi connectivity index (χ2n) is 5.86. The smallest absolute Gasteiger partial charge is 0.178 e. The zero-order chi connectivity index (χ0) is 12.8. The molecule has 0 spiro atoms. The van der Waals surface area contributed by atoms with Crippen molar-refractivity contribution in [2.24, 2.45) is 0 Å². The molecule has 0 amide bonds. The van der Waals surface area contributed by atoms with Gasteiger partial charge in [0.2, 0.25) is 0 Å². The second-order valence-corrected chi connectivity index (χ2v) is 7.94. The lowest BCUT2D eigenvalue weighted by molar-refractivity contribution is 0.472. The van der Waals surface area contributed by atoms with E-state index in [4.69, 9.17) is 0 Å². The molecule has 2 rings (SSSR count). The van der Waals surface area contributed by atoms with Crippen LogP contribution < -0.4 is 0 Å². The van der Waals surface area contributed by atoms with Gasteiger partial charge in [-0.25, -0.2) is 8.42 Å². The van der Waals surface area contributed by atoms with Gasteiger partial charge in [0.15, 0.2) is 9.84 Å². The summed E-state index contributed by atoms with van der Waals surface area (Å²) in [6.45, 7) is 8.52. The summed E-state index contributed by atoms with van der Waals surface area (Å²) in [6, 6.07) is 5.82. The average Bonchev–Trinajstić information content (AvgIpc) is 2.24. The van der Waals surface area contributed by atoms with E-state index in [-0.39, 0.29) is 11.2 Å². The third-order valence-electron chi connectivity index (χ3n) is 3.73. The van der Waals surface area contributed by atoms with Gasteiger partial charge in [-0.1, -0.05) is 39.8 Å². The Balaban J connectivity index is 2.69. The fraction of sp³-hybridized carbons (Fsp3) is 0.571. The van der Waals surface area contributed by atoms with Crippen LogP contribution in [0.1, 0.15) is 51.2 Å². The maximum absolute atomic E-state index is 12.0. The van der Waals surface area contributed by atoms with Gasteiger partial charge >= 0.3 is 0 Å². The van der Waals surface area contributed by atoms with Gasteiger partial charge in [0.1, 0.15) is 0 Å². The Morgan fingerprint density at radius 2 is 1.88 bits per heavy atom. The van der Waals surface area contributed by atoms with Crippen molar-refractivity contribution in [1.82, 2.24) is 0 Å². The first kappa shape index (κ1) is 12.6. The zero-order valence-electron chi connectivity index (χ0n) is 10.9. The summed E-state index contributed by atoms with van der Waals surface area (Å²) in [7, 11) is -3.06. The fourth-order valence-electron chi connectivity index (χ4n) is 2.34. The number of sulfone groups is 1. The van der Waals surface area contributed by atoms with Crippen LogP contribution in [-0.4, -0.2) is 14.2 Å². The first-order chi connectivity index (χ1) is 7.74. The molecule has 1 aromatic rings. The van der Waals surface area contributed by atoms with Crippen molar-refractivity contribution >= 4 is 9.84 Å². The summed E-state index contributed by atoms with van der Waals surface area (Å²) >= 11 is 0. The first-order valence-corrected chi connectivity index (χ1v) is 7.76. The molecule has 0 aromatic heterocycles. The van der Waals surface area contributed by atoms with E-state index >= 15 is 0 Å². The first-order valence-electron chi connectivity index (χ1n) is 6.11. The van der Waals surface area contributed by atoms with E-state index in [1.807, 2.05) is 6.07 Å². The normalized spacial score (nSPS) is 21.2. The molecule has 0 bridgehead atoms. The Kier molecular flexibility index (Phi) is 2.85. The highest BCUT2D eigenvalue weighted by Gasteiger charge is 2.35. The van der Waals surface area contributed by atoms with E-state index in [0.29, 0.717) is 17.2 Å². The average molecular weight is 252 g/mol. The molecule has 0 fully saturated rings. The summed E-state index contributed by atoms with van der Waals surface area (Å²) in [6.07, 6.45) is 0.712. The van der Waals surface area contributed by atoms with E-state index in [1.54, 1.807) is 6.07 Å². The predicted octanol–water partition coefficient (Wildman–Crippen LogP) is 3.27. The minimum Gasteiger partial charge on any atom is -0.224 e. The van der Waals surface area contributed by atoms with Crippen molar-refractivity contribution in [2.45, 2.75) is 50.3 Å². The van der Waals surface area contributed by atoms with Crippen molar-refractivity contribution in [3.05, 3.63) is 29.3 Å². The number of fused-ring (bicyclic) bond motifs is 1. The maximum Gasteiger partial charge on any atom is 0.178 e. The Morgan fingerprint density at radius 3 is 2.47 bits per heavy atom. The fourth-order valence-corrected chi connectivity index (χ4v) is 4.29. The van der Waals surface area contributed by atoms with Crippen molar-refractivity contribution < 1.29 is 8.42 Å². The molecule has 1 aliphatic heterocycles. The van der Waals surface area contributed by atoms with Crippen molar-refractivity contribution in [2.75, 3.05) is 5.75 Å². The Hall–Kier alpha value is -0.830. The molecule has 0 saturated heterocycles. The molecule has 0 unspecified atom stereocenters. The monoisotopic (exact) mass is 252 g/mol. The molecule has 1 aliphatic rings. The third-order valence-corrected chi connectivity index (χ3v) is 5.50. The number of rotatable bonds is 1. The SMILES string of the molecule is CC(C)c1ccc2c(c1)C(C)(C)CCS2(=O)=O. The highest BCUT2D eigenvalue weighted by atomic mass is 32.2. The van der Waals surface area contributed by atoms with Crippen LogP contribution in [0.5, 0.6) is 0 Å². The van der Waals surface area contributed by atoms with Gasteiger partial charge in [-0.3, -0.25) is 0 Å². The molecule has 1 heterocycles. The predicted molar refractivity (Wildman–Crippen MR) is 70.2 cm³/mol. The molecule has 3 heteroatoms. The van der Waals surface area contributed by atoms with Gasteiger partial charge in [-0.2, -0.15) is 0 Å². The van der Waals surface area contributed by atoms with Crippen molar-refractivity contribution in [1.29, 1.82) is 0 Å². The number of hydrogen-bond donors (Lipinski definition) is 0. The molecule has 0 atom stereocenters. The van der Waals surface area contributed by atoms with Gasteiger partial charge in [0, 0.05) is 0 Å². The lowest BCUT2D eigenvalue weighted by Gasteiger charge is -2.32. The van der Waals surface area contributed by atoms with Crippen molar-refractivity contribution in [3.8, 4) is 0 Å². The van der Waals surface area contributed by atoms with E-state index < -0.39 is 9.84 Å². The molecular formula is C14H20O2S. The lowest BCUT2D eigenvalue weighted by atomic mass is 9.80. The maximum atomic E-state index is 12.0. The number of hydrogen-bond acceptors (Lipinski definition) is 2. The zero-order valence-corrected chi connectivity index (χ0v) is 11.8. The van der Waals surface area contributed by atoms with Gasteiger partial charge in [0.25, 0.3) is 0 Å². The van der Waals surface area contributed by atoms with Crippen LogP contribution in [0.2, 0.25) is 0 Å². The minimum atomic E-state index is -3.06. The highest BCUT2D eigenvalue weighted by molar-refractivity contribution is 7.91. The molecule has 0 aliphatic carbocycles. The standard InChI is InChI=1S/C14H20O2S/c1-10(2)11-5-6-13-12(9-11)14(3,4)7-8-17(13,15)16/h5-6,9-10H,7-8H2,1-4H3. The van der Waals surface area contributed by atoms with Gasteiger partial charge in [0.05, 0.1) is 10.6 Å². The van der Waals surface area contributed by atoms with Crippen LogP contribution in [0.3, 0.4) is 0 Å². The molecule has 1 aromatic carbocycles. The summed E-state index contributed by atoms with van der Waals surface area (Å²) in [5.41, 5.74) is 2.18. The van der Waals surface area contributed by atoms with Gasteiger partial charge in [-0.15, -0.1) is 0 Å². The van der Waals surface area contributed by atoms with Crippen LogP contribution >= 0.6 is 0 Å². The Labute approximate surface area is 104 Å².